The Morgan fingerprint density at radius 1 is 1.29 bits per heavy atom. The predicted molar refractivity (Wildman–Crippen MR) is 62.9 cm³/mol. The van der Waals surface area contributed by atoms with Gasteiger partial charge in [-0.3, -0.25) is 20.4 Å². The molecule has 0 spiro atoms. The Bertz CT molecular complexity index is 475. The molecule has 0 saturated carbocycles. The van der Waals surface area contributed by atoms with Crippen LogP contribution >= 0.6 is 11.6 Å². The molecule has 88 valence electrons. The molecule has 1 fully saturated rings. The number of urea groups is 1. The maximum Gasteiger partial charge on any atom is 0.329 e. The Hall–Kier alpha value is -1.88. The first kappa shape index (κ1) is 11.6. The molecule has 5 nitrogen and oxygen atoms in total. The average molecular weight is 252 g/mol. The number of hydrogen-bond donors (Lipinski definition) is 2. The molecule has 1 aromatic rings. The van der Waals surface area contributed by atoms with Gasteiger partial charge in [0.25, 0.3) is 5.91 Å². The Morgan fingerprint density at radius 3 is 2.59 bits per heavy atom. The van der Waals surface area contributed by atoms with Crippen LogP contribution in [0.25, 0.3) is 0 Å². The van der Waals surface area contributed by atoms with Crippen molar-refractivity contribution in [1.29, 1.82) is 5.41 Å². The second-order valence-corrected chi connectivity index (χ2v) is 4.05. The van der Waals surface area contributed by atoms with Gasteiger partial charge in [-0.25, -0.2) is 4.79 Å². The summed E-state index contributed by atoms with van der Waals surface area (Å²) in [6.45, 7) is 0.224. The highest BCUT2D eigenvalue weighted by molar-refractivity contribution is 6.45. The van der Waals surface area contributed by atoms with Crippen molar-refractivity contribution in [2.75, 3.05) is 0 Å². The van der Waals surface area contributed by atoms with E-state index in [1.807, 2.05) is 30.3 Å². The third-order valence-corrected chi connectivity index (χ3v) is 2.82. The highest BCUT2D eigenvalue weighted by Gasteiger charge is 2.36. The van der Waals surface area contributed by atoms with E-state index in [0.717, 1.165) is 10.5 Å². The first-order chi connectivity index (χ1) is 8.09. The monoisotopic (exact) mass is 251 g/mol. The average Bonchev–Trinajstić information content (AvgIpc) is 2.33. The van der Waals surface area contributed by atoms with Gasteiger partial charge in [-0.1, -0.05) is 30.3 Å². The van der Waals surface area contributed by atoms with Crippen LogP contribution in [0.4, 0.5) is 4.79 Å². The summed E-state index contributed by atoms with van der Waals surface area (Å²) >= 11 is 5.71. The van der Waals surface area contributed by atoms with E-state index in [9.17, 15) is 9.59 Å². The van der Waals surface area contributed by atoms with Gasteiger partial charge in [-0.15, -0.1) is 11.6 Å². The number of amidine groups is 1. The molecule has 0 radical (unpaired) electrons. The van der Waals surface area contributed by atoms with Crippen LogP contribution in [0.1, 0.15) is 5.56 Å². The molecule has 0 bridgehead atoms. The second-order valence-electron chi connectivity index (χ2n) is 3.61. The molecule has 1 aliphatic rings. The Labute approximate surface area is 103 Å². The molecule has 1 aliphatic heterocycles. The van der Waals surface area contributed by atoms with Crippen molar-refractivity contribution in [3.63, 3.8) is 0 Å². The fourth-order valence-electron chi connectivity index (χ4n) is 1.53. The molecule has 0 aliphatic carbocycles. The summed E-state index contributed by atoms with van der Waals surface area (Å²) in [7, 11) is 0. The van der Waals surface area contributed by atoms with Crippen molar-refractivity contribution < 1.29 is 9.59 Å². The Morgan fingerprint density at radius 2 is 1.94 bits per heavy atom. The number of carbonyl (C=O) groups is 2. The van der Waals surface area contributed by atoms with E-state index >= 15 is 0 Å². The van der Waals surface area contributed by atoms with Gasteiger partial charge in [-0.05, 0) is 5.56 Å². The SMILES string of the molecule is N=C1C(Cl)C(=O)NC(=O)N1Cc1ccccc1. The van der Waals surface area contributed by atoms with Gasteiger partial charge in [0.05, 0.1) is 6.54 Å². The van der Waals surface area contributed by atoms with Gasteiger partial charge in [0.1, 0.15) is 5.84 Å². The zero-order valence-electron chi connectivity index (χ0n) is 8.81. The number of nitrogens with one attached hydrogen (secondary N) is 2. The highest BCUT2D eigenvalue weighted by atomic mass is 35.5. The van der Waals surface area contributed by atoms with Gasteiger partial charge in [-0.2, -0.15) is 0 Å². The molecule has 2 N–H and O–H groups in total. The Kier molecular flexibility index (Phi) is 3.10. The quantitative estimate of drug-likeness (QED) is 0.778. The zero-order valence-corrected chi connectivity index (χ0v) is 9.57. The van der Waals surface area contributed by atoms with Crippen LogP contribution in [-0.4, -0.2) is 28.1 Å². The second kappa shape index (κ2) is 4.55. The molecule has 0 aromatic heterocycles. The molecule has 1 atom stereocenters. The predicted octanol–water partition coefficient (Wildman–Crippen LogP) is 1.32. The molecule has 1 heterocycles. The summed E-state index contributed by atoms with van der Waals surface area (Å²) in [5.41, 5.74) is 0.866. The number of rotatable bonds is 2. The van der Waals surface area contributed by atoms with Gasteiger partial charge < -0.3 is 0 Å². The molecule has 3 amide bonds. The van der Waals surface area contributed by atoms with Gasteiger partial charge in [0.2, 0.25) is 0 Å². The van der Waals surface area contributed by atoms with Crippen LogP contribution in [-0.2, 0) is 11.3 Å². The lowest BCUT2D eigenvalue weighted by molar-refractivity contribution is -0.119. The maximum absolute atomic E-state index is 11.6. The first-order valence-corrected chi connectivity index (χ1v) is 5.42. The molecule has 1 aromatic carbocycles. The summed E-state index contributed by atoms with van der Waals surface area (Å²) < 4.78 is 0. The third-order valence-electron chi connectivity index (χ3n) is 2.42. The molecule has 2 rings (SSSR count). The topological polar surface area (TPSA) is 73.3 Å². The lowest BCUT2D eigenvalue weighted by atomic mass is 10.2. The number of benzene rings is 1. The van der Waals surface area contributed by atoms with E-state index in [4.69, 9.17) is 17.0 Å². The van der Waals surface area contributed by atoms with Crippen LogP contribution in [0.2, 0.25) is 0 Å². The minimum Gasteiger partial charge on any atom is -0.286 e. The van der Waals surface area contributed by atoms with Crippen molar-refractivity contribution in [2.24, 2.45) is 0 Å². The standard InChI is InChI=1S/C11H10ClN3O2/c12-8-9(13)15(11(17)14-10(8)16)6-7-4-2-1-3-5-7/h1-5,8,13H,6H2,(H,14,16,17). The van der Waals surface area contributed by atoms with E-state index in [1.165, 1.54) is 0 Å². The van der Waals surface area contributed by atoms with Crippen LogP contribution in [0.15, 0.2) is 30.3 Å². The third kappa shape index (κ3) is 2.29. The summed E-state index contributed by atoms with van der Waals surface area (Å²) in [5, 5.41) is 8.67. The first-order valence-electron chi connectivity index (χ1n) is 4.98. The van der Waals surface area contributed by atoms with Gasteiger partial charge in [0.15, 0.2) is 5.38 Å². The molecule has 1 unspecified atom stereocenters. The number of nitrogens with zero attached hydrogens (tertiary/aromatic N) is 1. The van der Waals surface area contributed by atoms with Gasteiger partial charge in [0, 0.05) is 0 Å². The van der Waals surface area contributed by atoms with E-state index < -0.39 is 17.3 Å². The Balaban J connectivity index is 2.18. The summed E-state index contributed by atoms with van der Waals surface area (Å²) in [6, 6.07) is 8.59. The van der Waals surface area contributed by atoms with Crippen LogP contribution in [0.3, 0.4) is 0 Å². The molecular formula is C11H10ClN3O2. The van der Waals surface area contributed by atoms with Crippen molar-refractivity contribution >= 4 is 29.4 Å². The van der Waals surface area contributed by atoms with Crippen molar-refractivity contribution in [3.8, 4) is 0 Å². The van der Waals surface area contributed by atoms with E-state index in [2.05, 4.69) is 5.32 Å². The number of amides is 3. The summed E-state index contributed by atoms with van der Waals surface area (Å²) in [6.07, 6.45) is 0. The largest absolute Gasteiger partial charge is 0.329 e. The lowest BCUT2D eigenvalue weighted by Crippen LogP contribution is -2.58. The number of alkyl halides is 1. The summed E-state index contributed by atoms with van der Waals surface area (Å²) in [4.78, 5) is 23.9. The normalized spacial score (nSPS) is 20.4. The zero-order chi connectivity index (χ0) is 12.4. The molecule has 1 saturated heterocycles. The summed E-state index contributed by atoms with van der Waals surface area (Å²) in [5.74, 6) is -0.838. The smallest absolute Gasteiger partial charge is 0.286 e. The number of hydrogen-bond acceptors (Lipinski definition) is 3. The number of halogens is 1. The van der Waals surface area contributed by atoms with Gasteiger partial charge >= 0.3 is 6.03 Å². The van der Waals surface area contributed by atoms with Crippen LogP contribution in [0.5, 0.6) is 0 Å². The minimum atomic E-state index is -1.11. The van der Waals surface area contributed by atoms with Crippen LogP contribution in [0, 0.1) is 5.41 Å². The fraction of sp³-hybridized carbons (Fsp3) is 0.182. The van der Waals surface area contributed by atoms with Crippen LogP contribution < -0.4 is 5.32 Å². The maximum atomic E-state index is 11.6. The fourth-order valence-corrected chi connectivity index (χ4v) is 1.70. The van der Waals surface area contributed by atoms with Crippen molar-refractivity contribution in [2.45, 2.75) is 11.9 Å². The molecule has 17 heavy (non-hydrogen) atoms. The van der Waals surface area contributed by atoms with Crippen molar-refractivity contribution in [3.05, 3.63) is 35.9 Å². The van der Waals surface area contributed by atoms with E-state index in [-0.39, 0.29) is 12.4 Å². The van der Waals surface area contributed by atoms with Crippen molar-refractivity contribution in [1.82, 2.24) is 10.2 Å². The molecular weight excluding hydrogens is 242 g/mol. The molecule has 6 heteroatoms. The highest BCUT2D eigenvalue weighted by Crippen LogP contribution is 2.13. The van der Waals surface area contributed by atoms with E-state index in [1.54, 1.807) is 0 Å². The minimum absolute atomic E-state index is 0.190. The number of imide groups is 1. The number of carbonyl (C=O) groups excluding carboxylic acids is 2. The lowest BCUT2D eigenvalue weighted by Gasteiger charge is -2.29. The van der Waals surface area contributed by atoms with E-state index in [0.29, 0.717) is 0 Å².